The molecule has 0 fully saturated rings. The molecule has 0 aliphatic rings. The number of para-hydroxylation sites is 1. The van der Waals surface area contributed by atoms with Gasteiger partial charge in [-0.25, -0.2) is 4.68 Å². The van der Waals surface area contributed by atoms with Gasteiger partial charge in [-0.05, 0) is 13.8 Å². The predicted octanol–water partition coefficient (Wildman–Crippen LogP) is 1.43. The fourth-order valence-corrected chi connectivity index (χ4v) is 1.67. The summed E-state index contributed by atoms with van der Waals surface area (Å²) >= 11 is 0. The van der Waals surface area contributed by atoms with E-state index < -0.39 is 10.5 Å². The summed E-state index contributed by atoms with van der Waals surface area (Å²) < 4.78 is 1.55. The van der Waals surface area contributed by atoms with Gasteiger partial charge in [0, 0.05) is 6.07 Å². The number of hydrogen-bond donors (Lipinski definition) is 1. The van der Waals surface area contributed by atoms with Gasteiger partial charge in [-0.15, -0.1) is 5.10 Å². The van der Waals surface area contributed by atoms with E-state index in [1.807, 2.05) is 13.8 Å². The van der Waals surface area contributed by atoms with Crippen molar-refractivity contribution < 1.29 is 4.92 Å². The number of nitro groups is 1. The number of nitrogens with two attached hydrogens (primary N) is 1. The van der Waals surface area contributed by atoms with Gasteiger partial charge >= 0.3 is 0 Å². The Hall–Kier alpha value is -2.28. The molecule has 0 spiro atoms. The van der Waals surface area contributed by atoms with Crippen molar-refractivity contribution >= 4 is 5.69 Å². The summed E-state index contributed by atoms with van der Waals surface area (Å²) in [6, 6.07) is 6.57. The highest BCUT2D eigenvalue weighted by Crippen LogP contribution is 2.19. The smallest absolute Gasteiger partial charge is 0.274 e. The maximum atomic E-state index is 10.9. The van der Waals surface area contributed by atoms with Crippen LogP contribution < -0.4 is 5.73 Å². The third-order valence-corrected chi connectivity index (χ3v) is 2.72. The summed E-state index contributed by atoms with van der Waals surface area (Å²) in [6.45, 7) is 3.94. The highest BCUT2D eigenvalue weighted by Gasteiger charge is 2.19. The molecule has 100 valence electrons. The molecule has 0 bridgehead atoms. The van der Waals surface area contributed by atoms with Crippen LogP contribution in [0.25, 0.3) is 0 Å². The topological polar surface area (TPSA) is 99.9 Å². The zero-order valence-electron chi connectivity index (χ0n) is 10.8. The molecule has 0 saturated carbocycles. The molecule has 1 heterocycles. The van der Waals surface area contributed by atoms with E-state index in [0.717, 1.165) is 0 Å². The molecule has 2 aromatic rings. The average Bonchev–Trinajstić information content (AvgIpc) is 2.77. The van der Waals surface area contributed by atoms with E-state index in [1.165, 1.54) is 6.07 Å². The molecule has 0 amide bonds. The quantitative estimate of drug-likeness (QED) is 0.662. The molecule has 0 unspecified atom stereocenters. The molecule has 2 N–H and O–H groups in total. The summed E-state index contributed by atoms with van der Waals surface area (Å²) in [7, 11) is 0. The van der Waals surface area contributed by atoms with Gasteiger partial charge in [0.25, 0.3) is 5.69 Å². The number of benzene rings is 1. The van der Waals surface area contributed by atoms with Gasteiger partial charge in [-0.1, -0.05) is 23.4 Å². The molecule has 0 atom stereocenters. The van der Waals surface area contributed by atoms with Crippen LogP contribution in [0.3, 0.4) is 0 Å². The number of nitrogens with zero attached hydrogens (tertiary/aromatic N) is 4. The fraction of sp³-hybridized carbons (Fsp3) is 0.333. The monoisotopic (exact) mass is 261 g/mol. The fourth-order valence-electron chi connectivity index (χ4n) is 1.67. The molecular weight excluding hydrogens is 246 g/mol. The van der Waals surface area contributed by atoms with Crippen LogP contribution in [0.15, 0.2) is 30.5 Å². The van der Waals surface area contributed by atoms with Crippen molar-refractivity contribution in [3.63, 3.8) is 0 Å². The Morgan fingerprint density at radius 2 is 2.11 bits per heavy atom. The van der Waals surface area contributed by atoms with Crippen LogP contribution in [0.2, 0.25) is 0 Å². The van der Waals surface area contributed by atoms with Crippen molar-refractivity contribution in [1.82, 2.24) is 15.0 Å². The minimum atomic E-state index is -0.582. The van der Waals surface area contributed by atoms with Gasteiger partial charge in [0.15, 0.2) is 0 Å². The Labute approximate surface area is 110 Å². The predicted molar refractivity (Wildman–Crippen MR) is 69.4 cm³/mol. The van der Waals surface area contributed by atoms with Gasteiger partial charge in [0.05, 0.1) is 28.8 Å². The lowest BCUT2D eigenvalue weighted by Crippen LogP contribution is -2.29. The number of hydrogen-bond acceptors (Lipinski definition) is 5. The van der Waals surface area contributed by atoms with Crippen molar-refractivity contribution in [3.05, 3.63) is 51.8 Å². The molecule has 7 nitrogen and oxygen atoms in total. The van der Waals surface area contributed by atoms with Gasteiger partial charge in [-0.2, -0.15) is 0 Å². The van der Waals surface area contributed by atoms with Crippen molar-refractivity contribution in [3.8, 4) is 0 Å². The Morgan fingerprint density at radius 3 is 2.68 bits per heavy atom. The molecule has 0 aliphatic carbocycles. The highest BCUT2D eigenvalue weighted by molar-refractivity contribution is 5.39. The standard InChI is InChI=1S/C12H15N5O2/c1-12(2,13)11-8-16(15-14-11)7-9-5-3-4-6-10(9)17(18)19/h3-6,8H,7,13H2,1-2H3. The second kappa shape index (κ2) is 4.77. The molecule has 2 rings (SSSR count). The second-order valence-electron chi connectivity index (χ2n) is 4.91. The minimum absolute atomic E-state index is 0.0755. The third kappa shape index (κ3) is 2.94. The third-order valence-electron chi connectivity index (χ3n) is 2.72. The van der Waals surface area contributed by atoms with Gasteiger partial charge < -0.3 is 5.73 Å². The Kier molecular flexibility index (Phi) is 3.30. The van der Waals surface area contributed by atoms with Crippen LogP contribution in [0, 0.1) is 10.1 Å². The van der Waals surface area contributed by atoms with E-state index in [9.17, 15) is 10.1 Å². The lowest BCUT2D eigenvalue weighted by Gasteiger charge is -2.13. The van der Waals surface area contributed by atoms with Gasteiger partial charge in [0.1, 0.15) is 5.69 Å². The van der Waals surface area contributed by atoms with Crippen LogP contribution in [0.1, 0.15) is 25.1 Å². The molecule has 7 heteroatoms. The number of rotatable bonds is 4. The number of aromatic nitrogens is 3. The number of nitro benzene ring substituents is 1. The maximum Gasteiger partial charge on any atom is 0.274 e. The van der Waals surface area contributed by atoms with Crippen molar-refractivity contribution in [1.29, 1.82) is 0 Å². The summed E-state index contributed by atoms with van der Waals surface area (Å²) in [4.78, 5) is 10.5. The van der Waals surface area contributed by atoms with Crippen molar-refractivity contribution in [2.75, 3.05) is 0 Å². The molecule has 0 radical (unpaired) electrons. The SMILES string of the molecule is CC(C)(N)c1cn(Cc2ccccc2[N+](=O)[O-])nn1. The molecule has 19 heavy (non-hydrogen) atoms. The van der Waals surface area contributed by atoms with Crippen LogP contribution in [-0.2, 0) is 12.1 Å². The average molecular weight is 261 g/mol. The largest absolute Gasteiger partial charge is 0.320 e. The first-order chi connectivity index (χ1) is 8.88. The Morgan fingerprint density at radius 1 is 1.42 bits per heavy atom. The van der Waals surface area contributed by atoms with E-state index in [0.29, 0.717) is 17.8 Å². The first-order valence-electron chi connectivity index (χ1n) is 5.80. The summed E-state index contributed by atoms with van der Waals surface area (Å²) in [5.41, 5.74) is 6.64. The van der Waals surface area contributed by atoms with Crippen LogP contribution in [-0.4, -0.2) is 19.9 Å². The second-order valence-corrected chi connectivity index (χ2v) is 4.91. The lowest BCUT2D eigenvalue weighted by atomic mass is 10.0. The Balaban J connectivity index is 2.27. The van der Waals surface area contributed by atoms with E-state index in [1.54, 1.807) is 29.1 Å². The van der Waals surface area contributed by atoms with Crippen LogP contribution in [0.5, 0.6) is 0 Å². The molecule has 1 aromatic heterocycles. The molecule has 1 aromatic carbocycles. The first kappa shape index (κ1) is 13.2. The molecular formula is C12H15N5O2. The first-order valence-corrected chi connectivity index (χ1v) is 5.80. The molecule has 0 aliphatic heterocycles. The van der Waals surface area contributed by atoms with Gasteiger partial charge in [-0.3, -0.25) is 10.1 Å². The lowest BCUT2D eigenvalue weighted by molar-refractivity contribution is -0.385. The van der Waals surface area contributed by atoms with Crippen LogP contribution in [0.4, 0.5) is 5.69 Å². The summed E-state index contributed by atoms with van der Waals surface area (Å²) in [6.07, 6.45) is 1.71. The highest BCUT2D eigenvalue weighted by atomic mass is 16.6. The van der Waals surface area contributed by atoms with E-state index in [2.05, 4.69) is 10.3 Å². The van der Waals surface area contributed by atoms with E-state index >= 15 is 0 Å². The van der Waals surface area contributed by atoms with Crippen molar-refractivity contribution in [2.45, 2.75) is 25.9 Å². The summed E-state index contributed by atoms with van der Waals surface area (Å²) in [5, 5.41) is 18.8. The van der Waals surface area contributed by atoms with E-state index in [-0.39, 0.29) is 5.69 Å². The zero-order valence-corrected chi connectivity index (χ0v) is 10.8. The maximum absolute atomic E-state index is 10.9. The zero-order chi connectivity index (χ0) is 14.0. The Bertz CT molecular complexity index is 600. The van der Waals surface area contributed by atoms with Crippen molar-refractivity contribution in [2.24, 2.45) is 5.73 Å². The van der Waals surface area contributed by atoms with Crippen LogP contribution >= 0.6 is 0 Å². The minimum Gasteiger partial charge on any atom is -0.320 e. The van der Waals surface area contributed by atoms with Gasteiger partial charge in [0.2, 0.25) is 0 Å². The normalized spacial score (nSPS) is 11.5. The van der Waals surface area contributed by atoms with E-state index in [4.69, 9.17) is 5.73 Å². The molecule has 0 saturated heterocycles. The summed E-state index contributed by atoms with van der Waals surface area (Å²) in [5.74, 6) is 0.